The standard InChI is InChI=1S/C25H26N2O5S/c1-25(2,24(29)32-3)26-23(28)20-13-10-16-22(17-20)33(30,31)27(21-14-8-5-9-15-21)18-19-11-6-4-7-12-19/h4-17H,18H2,1-3H3,(H,26,28). The molecule has 0 bridgehead atoms. The third kappa shape index (κ3) is 5.59. The predicted octanol–water partition coefficient (Wildman–Crippen LogP) is 3.76. The van der Waals surface area contributed by atoms with E-state index in [1.165, 1.54) is 49.5 Å². The van der Waals surface area contributed by atoms with Gasteiger partial charge in [-0.25, -0.2) is 13.2 Å². The van der Waals surface area contributed by atoms with Crippen LogP contribution in [-0.2, 0) is 26.1 Å². The van der Waals surface area contributed by atoms with Crippen molar-refractivity contribution >= 4 is 27.6 Å². The van der Waals surface area contributed by atoms with Crippen LogP contribution in [0.1, 0.15) is 29.8 Å². The Labute approximate surface area is 194 Å². The van der Waals surface area contributed by atoms with Gasteiger partial charge in [0.05, 0.1) is 24.2 Å². The Hall–Kier alpha value is -3.65. The van der Waals surface area contributed by atoms with Crippen LogP contribution in [0.5, 0.6) is 0 Å². The Morgan fingerprint density at radius 2 is 1.52 bits per heavy atom. The molecule has 3 aromatic rings. The number of ether oxygens (including phenoxy) is 1. The molecule has 0 unspecified atom stereocenters. The molecule has 0 heterocycles. The van der Waals surface area contributed by atoms with Gasteiger partial charge in [-0.05, 0) is 49.7 Å². The van der Waals surface area contributed by atoms with Gasteiger partial charge >= 0.3 is 5.97 Å². The number of rotatable bonds is 8. The van der Waals surface area contributed by atoms with Crippen molar-refractivity contribution in [1.29, 1.82) is 0 Å². The van der Waals surface area contributed by atoms with Crippen LogP contribution in [0, 0.1) is 0 Å². The number of hydrogen-bond donors (Lipinski definition) is 1. The van der Waals surface area contributed by atoms with E-state index in [1.807, 2.05) is 36.4 Å². The van der Waals surface area contributed by atoms with Crippen molar-refractivity contribution in [2.24, 2.45) is 0 Å². The first kappa shape index (κ1) is 24.0. The minimum atomic E-state index is -4.01. The van der Waals surface area contributed by atoms with Crippen LogP contribution in [-0.4, -0.2) is 32.9 Å². The number of carbonyl (C=O) groups excluding carboxylic acids is 2. The molecular formula is C25H26N2O5S. The Morgan fingerprint density at radius 3 is 2.12 bits per heavy atom. The summed E-state index contributed by atoms with van der Waals surface area (Å²) in [5.41, 5.74) is 0.159. The molecule has 0 saturated carbocycles. The van der Waals surface area contributed by atoms with Crippen LogP contribution in [0.25, 0.3) is 0 Å². The number of anilines is 1. The number of para-hydroxylation sites is 1. The predicted molar refractivity (Wildman–Crippen MR) is 126 cm³/mol. The van der Waals surface area contributed by atoms with Crippen LogP contribution in [0.2, 0.25) is 0 Å². The van der Waals surface area contributed by atoms with Crippen LogP contribution >= 0.6 is 0 Å². The Kier molecular flexibility index (Phi) is 7.18. The topological polar surface area (TPSA) is 92.8 Å². The maximum atomic E-state index is 13.7. The summed E-state index contributed by atoms with van der Waals surface area (Å²) in [6, 6.07) is 23.8. The molecule has 3 rings (SSSR count). The van der Waals surface area contributed by atoms with Gasteiger partial charge in [0.1, 0.15) is 5.54 Å². The zero-order valence-electron chi connectivity index (χ0n) is 18.7. The van der Waals surface area contributed by atoms with E-state index in [0.29, 0.717) is 5.69 Å². The molecule has 33 heavy (non-hydrogen) atoms. The summed E-state index contributed by atoms with van der Waals surface area (Å²) in [6.07, 6.45) is 0. The van der Waals surface area contributed by atoms with Crippen LogP contribution in [0.4, 0.5) is 5.69 Å². The summed E-state index contributed by atoms with van der Waals surface area (Å²) in [7, 11) is -2.78. The average molecular weight is 467 g/mol. The monoisotopic (exact) mass is 466 g/mol. The van der Waals surface area contributed by atoms with Gasteiger partial charge in [-0.1, -0.05) is 54.6 Å². The van der Waals surface area contributed by atoms with E-state index in [1.54, 1.807) is 24.3 Å². The maximum Gasteiger partial charge on any atom is 0.330 e. The molecule has 0 aliphatic heterocycles. The second-order valence-corrected chi connectivity index (χ2v) is 9.79. The van der Waals surface area contributed by atoms with E-state index in [4.69, 9.17) is 4.74 Å². The molecule has 0 spiro atoms. The number of nitrogens with one attached hydrogen (secondary N) is 1. The van der Waals surface area contributed by atoms with E-state index in [9.17, 15) is 18.0 Å². The van der Waals surface area contributed by atoms with Gasteiger partial charge in [-0.2, -0.15) is 0 Å². The Morgan fingerprint density at radius 1 is 0.909 bits per heavy atom. The average Bonchev–Trinajstić information content (AvgIpc) is 2.82. The summed E-state index contributed by atoms with van der Waals surface area (Å²) >= 11 is 0. The normalized spacial score (nSPS) is 11.5. The highest BCUT2D eigenvalue weighted by molar-refractivity contribution is 7.92. The van der Waals surface area contributed by atoms with E-state index in [0.717, 1.165) is 5.56 Å². The molecule has 0 fully saturated rings. The lowest BCUT2D eigenvalue weighted by Gasteiger charge is -2.25. The lowest BCUT2D eigenvalue weighted by Crippen LogP contribution is -2.50. The summed E-state index contributed by atoms with van der Waals surface area (Å²) < 4.78 is 33.4. The largest absolute Gasteiger partial charge is 0.467 e. The quantitative estimate of drug-likeness (QED) is 0.510. The minimum Gasteiger partial charge on any atom is -0.467 e. The fourth-order valence-corrected chi connectivity index (χ4v) is 4.74. The Bertz CT molecular complexity index is 1230. The number of methoxy groups -OCH3 is 1. The third-order valence-corrected chi connectivity index (χ3v) is 6.79. The fourth-order valence-electron chi connectivity index (χ4n) is 3.25. The number of benzene rings is 3. The first-order chi connectivity index (χ1) is 15.6. The first-order valence-electron chi connectivity index (χ1n) is 10.3. The minimum absolute atomic E-state index is 0.0363. The molecule has 7 nitrogen and oxygen atoms in total. The molecule has 0 radical (unpaired) electrons. The van der Waals surface area contributed by atoms with Gasteiger partial charge in [0.15, 0.2) is 0 Å². The van der Waals surface area contributed by atoms with Gasteiger partial charge in [0.25, 0.3) is 15.9 Å². The highest BCUT2D eigenvalue weighted by atomic mass is 32.2. The molecule has 1 N–H and O–H groups in total. The van der Waals surface area contributed by atoms with E-state index in [2.05, 4.69) is 5.32 Å². The maximum absolute atomic E-state index is 13.7. The molecule has 0 saturated heterocycles. The fraction of sp³-hybridized carbons (Fsp3) is 0.200. The molecule has 8 heteroatoms. The smallest absolute Gasteiger partial charge is 0.330 e. The van der Waals surface area contributed by atoms with Crippen LogP contribution in [0.15, 0.2) is 89.8 Å². The number of carbonyl (C=O) groups is 2. The molecule has 0 aromatic heterocycles. The highest BCUT2D eigenvalue weighted by Gasteiger charge is 2.31. The van der Waals surface area contributed by atoms with Crippen molar-refractivity contribution in [1.82, 2.24) is 5.32 Å². The van der Waals surface area contributed by atoms with E-state index >= 15 is 0 Å². The van der Waals surface area contributed by atoms with Crippen molar-refractivity contribution in [2.75, 3.05) is 11.4 Å². The molecule has 1 amide bonds. The van der Waals surface area contributed by atoms with Crippen molar-refractivity contribution in [3.63, 3.8) is 0 Å². The van der Waals surface area contributed by atoms with Crippen LogP contribution in [0.3, 0.4) is 0 Å². The van der Waals surface area contributed by atoms with Crippen molar-refractivity contribution in [3.8, 4) is 0 Å². The summed E-state index contributed by atoms with van der Waals surface area (Å²) in [4.78, 5) is 24.6. The number of esters is 1. The zero-order chi connectivity index (χ0) is 24.1. The van der Waals surface area contributed by atoms with Crippen molar-refractivity contribution in [3.05, 3.63) is 96.1 Å². The first-order valence-corrected chi connectivity index (χ1v) is 11.7. The van der Waals surface area contributed by atoms with E-state index < -0.39 is 27.4 Å². The molecular weight excluding hydrogens is 440 g/mol. The Balaban J connectivity index is 1.97. The number of amides is 1. The van der Waals surface area contributed by atoms with E-state index in [-0.39, 0.29) is 17.0 Å². The molecule has 3 aromatic carbocycles. The second-order valence-electron chi connectivity index (χ2n) is 7.93. The van der Waals surface area contributed by atoms with Crippen LogP contribution < -0.4 is 9.62 Å². The molecule has 0 aliphatic carbocycles. The number of sulfonamides is 1. The van der Waals surface area contributed by atoms with Gasteiger partial charge in [0.2, 0.25) is 0 Å². The third-order valence-electron chi connectivity index (χ3n) is 5.02. The lowest BCUT2D eigenvalue weighted by atomic mass is 10.1. The van der Waals surface area contributed by atoms with Crippen molar-refractivity contribution in [2.45, 2.75) is 30.8 Å². The van der Waals surface area contributed by atoms with Gasteiger partial charge < -0.3 is 10.1 Å². The molecule has 0 atom stereocenters. The summed E-state index contributed by atoms with van der Waals surface area (Å²) in [5, 5.41) is 2.58. The SMILES string of the molecule is COC(=O)C(C)(C)NC(=O)c1cccc(S(=O)(=O)N(Cc2ccccc2)c2ccccc2)c1. The number of nitrogens with zero attached hydrogens (tertiary/aromatic N) is 1. The van der Waals surface area contributed by atoms with Gasteiger partial charge in [0, 0.05) is 5.56 Å². The molecule has 0 aliphatic rings. The molecule has 172 valence electrons. The van der Waals surface area contributed by atoms with Crippen molar-refractivity contribution < 1.29 is 22.7 Å². The zero-order valence-corrected chi connectivity index (χ0v) is 19.5. The lowest BCUT2D eigenvalue weighted by molar-refractivity contribution is -0.146. The van der Waals surface area contributed by atoms with Gasteiger partial charge in [-0.15, -0.1) is 0 Å². The number of hydrogen-bond acceptors (Lipinski definition) is 5. The highest BCUT2D eigenvalue weighted by Crippen LogP contribution is 2.26. The summed E-state index contributed by atoms with van der Waals surface area (Å²) in [6.45, 7) is 3.14. The van der Waals surface area contributed by atoms with Gasteiger partial charge in [-0.3, -0.25) is 9.10 Å². The summed E-state index contributed by atoms with van der Waals surface area (Å²) in [5.74, 6) is -1.20. The second kappa shape index (κ2) is 9.87.